The number of rotatable bonds is 6. The number of esters is 1. The average molecular weight is 232 g/mol. The second kappa shape index (κ2) is 7.96. The van der Waals surface area contributed by atoms with Crippen LogP contribution >= 0.6 is 0 Å². The Kier molecular flexibility index (Phi) is 7.33. The van der Waals surface area contributed by atoms with Crippen molar-refractivity contribution in [3.63, 3.8) is 0 Å². The highest BCUT2D eigenvalue weighted by Crippen LogP contribution is 2.14. The summed E-state index contributed by atoms with van der Waals surface area (Å²) in [6.07, 6.45) is -0.706. The van der Waals surface area contributed by atoms with Gasteiger partial charge in [-0.15, -0.1) is 0 Å². The third-order valence-electron chi connectivity index (χ3n) is 2.13. The van der Waals surface area contributed by atoms with Crippen molar-refractivity contribution < 1.29 is 23.8 Å². The lowest BCUT2D eigenvalue weighted by Crippen LogP contribution is -2.31. The van der Waals surface area contributed by atoms with Gasteiger partial charge in [0.05, 0.1) is 19.1 Å². The molecule has 0 bridgehead atoms. The van der Waals surface area contributed by atoms with Gasteiger partial charge >= 0.3 is 12.1 Å². The smallest absolute Gasteiger partial charge is 0.466 e. The Morgan fingerprint density at radius 3 is 2.06 bits per heavy atom. The fourth-order valence-corrected chi connectivity index (χ4v) is 1.24. The zero-order valence-corrected chi connectivity index (χ0v) is 10.3. The molecular formula is C11H20O5. The third-order valence-corrected chi connectivity index (χ3v) is 2.13. The molecule has 0 heterocycles. The first kappa shape index (κ1) is 14.7. The zero-order chi connectivity index (χ0) is 12.6. The number of carbonyl (C=O) groups excluding carboxylic acids is 2. The quantitative estimate of drug-likeness (QED) is 0.656. The second-order valence-corrected chi connectivity index (χ2v) is 3.29. The van der Waals surface area contributed by atoms with Gasteiger partial charge in [-0.2, -0.15) is 0 Å². The average Bonchev–Trinajstić information content (AvgIpc) is 2.25. The Hall–Kier alpha value is -1.26. The van der Waals surface area contributed by atoms with Gasteiger partial charge in [-0.1, -0.05) is 6.92 Å². The van der Waals surface area contributed by atoms with Gasteiger partial charge in [-0.05, 0) is 27.2 Å². The van der Waals surface area contributed by atoms with Crippen LogP contribution in [0.1, 0.15) is 34.1 Å². The summed E-state index contributed by atoms with van der Waals surface area (Å²) in [6, 6.07) is 0. The summed E-state index contributed by atoms with van der Waals surface area (Å²) in [5, 5.41) is 0. The van der Waals surface area contributed by atoms with Gasteiger partial charge in [0.25, 0.3) is 0 Å². The molecule has 0 saturated heterocycles. The van der Waals surface area contributed by atoms with Gasteiger partial charge in [-0.3, -0.25) is 4.79 Å². The fraction of sp³-hybridized carbons (Fsp3) is 0.818. The van der Waals surface area contributed by atoms with Crippen molar-refractivity contribution in [2.75, 3.05) is 13.2 Å². The van der Waals surface area contributed by atoms with Crippen LogP contribution in [0, 0.1) is 5.92 Å². The SMILES string of the molecule is CCOC(=O)OC(CC)C(C)C(=O)OCC. The topological polar surface area (TPSA) is 61.8 Å². The lowest BCUT2D eigenvalue weighted by Gasteiger charge is -2.20. The largest absolute Gasteiger partial charge is 0.508 e. The number of hydrogen-bond acceptors (Lipinski definition) is 5. The summed E-state index contributed by atoms with van der Waals surface area (Å²) >= 11 is 0. The molecule has 0 N–H and O–H groups in total. The van der Waals surface area contributed by atoms with Gasteiger partial charge in [0.1, 0.15) is 6.10 Å². The van der Waals surface area contributed by atoms with Crippen LogP contribution in [0.3, 0.4) is 0 Å². The van der Waals surface area contributed by atoms with Crippen molar-refractivity contribution >= 4 is 12.1 Å². The van der Waals surface area contributed by atoms with Crippen molar-refractivity contribution in [1.82, 2.24) is 0 Å². The number of ether oxygens (including phenoxy) is 3. The zero-order valence-electron chi connectivity index (χ0n) is 10.3. The summed E-state index contributed by atoms with van der Waals surface area (Å²) in [4.78, 5) is 22.5. The molecule has 16 heavy (non-hydrogen) atoms. The van der Waals surface area contributed by atoms with E-state index in [1.54, 1.807) is 20.8 Å². The van der Waals surface area contributed by atoms with E-state index in [1.807, 2.05) is 6.92 Å². The molecule has 0 saturated carbocycles. The van der Waals surface area contributed by atoms with Crippen LogP contribution in [-0.2, 0) is 19.0 Å². The maximum Gasteiger partial charge on any atom is 0.508 e. The van der Waals surface area contributed by atoms with Crippen molar-refractivity contribution in [2.45, 2.75) is 40.2 Å². The van der Waals surface area contributed by atoms with Crippen molar-refractivity contribution in [3.8, 4) is 0 Å². The van der Waals surface area contributed by atoms with Crippen molar-refractivity contribution in [1.29, 1.82) is 0 Å². The molecule has 0 aromatic heterocycles. The van der Waals surface area contributed by atoms with Gasteiger partial charge in [0.15, 0.2) is 0 Å². The highest BCUT2D eigenvalue weighted by Gasteiger charge is 2.27. The molecule has 0 aliphatic rings. The van der Waals surface area contributed by atoms with E-state index in [1.165, 1.54) is 0 Å². The molecule has 0 aliphatic carbocycles. The predicted molar refractivity (Wildman–Crippen MR) is 58.0 cm³/mol. The van der Waals surface area contributed by atoms with Crippen LogP contribution in [0.4, 0.5) is 4.79 Å². The van der Waals surface area contributed by atoms with Gasteiger partial charge in [-0.25, -0.2) is 4.79 Å². The summed E-state index contributed by atoms with van der Waals surface area (Å²) in [5.41, 5.74) is 0. The van der Waals surface area contributed by atoms with E-state index in [0.717, 1.165) is 0 Å². The first-order chi connectivity index (χ1) is 7.56. The van der Waals surface area contributed by atoms with E-state index in [-0.39, 0.29) is 12.6 Å². The summed E-state index contributed by atoms with van der Waals surface area (Å²) < 4.78 is 14.5. The lowest BCUT2D eigenvalue weighted by molar-refractivity contribution is -0.151. The number of hydrogen-bond donors (Lipinski definition) is 0. The highest BCUT2D eigenvalue weighted by atomic mass is 16.7. The van der Waals surface area contributed by atoms with Crippen LogP contribution < -0.4 is 0 Å². The van der Waals surface area contributed by atoms with Crippen LogP contribution in [0.2, 0.25) is 0 Å². The first-order valence-corrected chi connectivity index (χ1v) is 5.56. The Bertz CT molecular complexity index is 226. The van der Waals surface area contributed by atoms with E-state index in [9.17, 15) is 9.59 Å². The summed E-state index contributed by atoms with van der Waals surface area (Å²) in [5.74, 6) is -0.840. The molecular weight excluding hydrogens is 212 g/mol. The van der Waals surface area contributed by atoms with Crippen molar-refractivity contribution in [2.24, 2.45) is 5.92 Å². The Morgan fingerprint density at radius 1 is 1.06 bits per heavy atom. The Balaban J connectivity index is 4.25. The standard InChI is InChI=1S/C11H20O5/c1-5-9(16-11(13)15-7-3)8(4)10(12)14-6-2/h8-9H,5-7H2,1-4H3. The Morgan fingerprint density at radius 2 is 1.62 bits per heavy atom. The van der Waals surface area contributed by atoms with Crippen LogP contribution in [0.5, 0.6) is 0 Å². The van der Waals surface area contributed by atoms with Gasteiger partial charge < -0.3 is 14.2 Å². The molecule has 94 valence electrons. The van der Waals surface area contributed by atoms with Gasteiger partial charge in [0.2, 0.25) is 0 Å². The molecule has 0 spiro atoms. The molecule has 0 aliphatic heterocycles. The molecule has 0 amide bonds. The molecule has 5 heteroatoms. The van der Waals surface area contributed by atoms with Crippen LogP contribution in [0.15, 0.2) is 0 Å². The third kappa shape index (κ3) is 5.00. The van der Waals surface area contributed by atoms with Crippen molar-refractivity contribution in [3.05, 3.63) is 0 Å². The van der Waals surface area contributed by atoms with Crippen LogP contribution in [0.25, 0.3) is 0 Å². The summed E-state index contributed by atoms with van der Waals surface area (Å²) in [6.45, 7) is 7.50. The van der Waals surface area contributed by atoms with E-state index in [2.05, 4.69) is 4.74 Å². The predicted octanol–water partition coefficient (Wildman–Crippen LogP) is 2.14. The van der Waals surface area contributed by atoms with E-state index >= 15 is 0 Å². The summed E-state index contributed by atoms with van der Waals surface area (Å²) in [7, 11) is 0. The fourth-order valence-electron chi connectivity index (χ4n) is 1.24. The molecule has 0 aromatic rings. The molecule has 2 unspecified atom stereocenters. The van der Waals surface area contributed by atoms with Gasteiger partial charge in [0, 0.05) is 0 Å². The van der Waals surface area contributed by atoms with E-state index in [0.29, 0.717) is 13.0 Å². The second-order valence-electron chi connectivity index (χ2n) is 3.29. The monoisotopic (exact) mass is 232 g/mol. The minimum absolute atomic E-state index is 0.253. The molecule has 0 fully saturated rings. The van der Waals surface area contributed by atoms with Crippen LogP contribution in [-0.4, -0.2) is 31.4 Å². The molecule has 0 rings (SSSR count). The normalized spacial score (nSPS) is 13.8. The maximum absolute atomic E-state index is 11.4. The minimum atomic E-state index is -0.745. The maximum atomic E-state index is 11.4. The number of carbonyl (C=O) groups is 2. The molecule has 0 aromatic carbocycles. The van der Waals surface area contributed by atoms with E-state index in [4.69, 9.17) is 9.47 Å². The minimum Gasteiger partial charge on any atom is -0.466 e. The highest BCUT2D eigenvalue weighted by molar-refractivity contribution is 5.73. The lowest BCUT2D eigenvalue weighted by atomic mass is 10.0. The first-order valence-electron chi connectivity index (χ1n) is 5.56. The molecule has 2 atom stereocenters. The molecule has 0 radical (unpaired) electrons. The molecule has 5 nitrogen and oxygen atoms in total. The van der Waals surface area contributed by atoms with E-state index < -0.39 is 18.2 Å². The Labute approximate surface area is 96.1 Å².